The molecule has 0 bridgehead atoms. The number of hydrogen-bond acceptors (Lipinski definition) is 5. The fourth-order valence-corrected chi connectivity index (χ4v) is 2.62. The summed E-state index contributed by atoms with van der Waals surface area (Å²) in [5.74, 6) is -0.934. The van der Waals surface area contributed by atoms with Crippen LogP contribution in [0.15, 0.2) is 22.8 Å². The maximum absolute atomic E-state index is 11.8. The molecule has 1 aliphatic rings. The lowest BCUT2D eigenvalue weighted by molar-refractivity contribution is -0.147. The van der Waals surface area contributed by atoms with E-state index in [4.69, 9.17) is 9.15 Å². The Bertz CT molecular complexity index is 541. The van der Waals surface area contributed by atoms with E-state index in [0.717, 1.165) is 19.3 Å². The molecule has 1 saturated carbocycles. The predicted molar refractivity (Wildman–Crippen MR) is 81.6 cm³/mol. The molecule has 0 unspecified atom stereocenters. The van der Waals surface area contributed by atoms with E-state index in [0.29, 0.717) is 5.92 Å². The summed E-state index contributed by atoms with van der Waals surface area (Å²) in [6.07, 6.45) is 5.72. The topological polar surface area (TPSA) is 97.6 Å². The first kappa shape index (κ1) is 17.1. The number of esters is 1. The summed E-state index contributed by atoms with van der Waals surface area (Å²) in [7, 11) is 0. The standard InChI is InChI=1S/C16H22N2O5/c1-11-5-2-3-6-12(11)18-14(19)10-23-15(20)9-17-16(21)13-7-4-8-22-13/h4,7-8,11-12H,2-3,5-6,9-10H2,1H3,(H,17,21)(H,18,19)/t11-,12+/m0/s1. The van der Waals surface area contributed by atoms with Crippen LogP contribution in [0.2, 0.25) is 0 Å². The molecule has 7 nitrogen and oxygen atoms in total. The van der Waals surface area contributed by atoms with E-state index in [1.807, 2.05) is 0 Å². The number of hydrogen-bond donors (Lipinski definition) is 2. The molecule has 0 radical (unpaired) electrons. The molecule has 7 heteroatoms. The molecule has 1 heterocycles. The van der Waals surface area contributed by atoms with Gasteiger partial charge in [-0.1, -0.05) is 19.8 Å². The van der Waals surface area contributed by atoms with Gasteiger partial charge in [0.2, 0.25) is 0 Å². The summed E-state index contributed by atoms with van der Waals surface area (Å²) < 4.78 is 9.74. The zero-order valence-corrected chi connectivity index (χ0v) is 13.2. The molecule has 1 aliphatic carbocycles. The molecule has 1 aromatic heterocycles. The summed E-state index contributed by atoms with van der Waals surface area (Å²) in [6.45, 7) is 1.46. The maximum atomic E-state index is 11.8. The number of carbonyl (C=O) groups is 3. The Morgan fingerprint density at radius 1 is 1.30 bits per heavy atom. The van der Waals surface area contributed by atoms with E-state index in [2.05, 4.69) is 17.6 Å². The lowest BCUT2D eigenvalue weighted by Crippen LogP contribution is -2.43. The Labute approximate surface area is 134 Å². The van der Waals surface area contributed by atoms with Crippen LogP contribution in [0.3, 0.4) is 0 Å². The molecule has 0 aromatic carbocycles. The van der Waals surface area contributed by atoms with Crippen LogP contribution in [0, 0.1) is 5.92 Å². The van der Waals surface area contributed by atoms with Crippen molar-refractivity contribution >= 4 is 17.8 Å². The van der Waals surface area contributed by atoms with E-state index < -0.39 is 11.9 Å². The molecule has 2 rings (SSSR count). The average molecular weight is 322 g/mol. The smallest absolute Gasteiger partial charge is 0.325 e. The van der Waals surface area contributed by atoms with E-state index >= 15 is 0 Å². The number of carbonyl (C=O) groups excluding carboxylic acids is 3. The van der Waals surface area contributed by atoms with Crippen molar-refractivity contribution in [2.24, 2.45) is 5.92 Å². The second-order valence-corrected chi connectivity index (χ2v) is 5.76. The average Bonchev–Trinajstić information content (AvgIpc) is 3.07. The van der Waals surface area contributed by atoms with Crippen molar-refractivity contribution < 1.29 is 23.5 Å². The van der Waals surface area contributed by atoms with Gasteiger partial charge in [0.05, 0.1) is 6.26 Å². The molecular weight excluding hydrogens is 300 g/mol. The van der Waals surface area contributed by atoms with Crippen molar-refractivity contribution in [1.29, 1.82) is 0 Å². The molecule has 1 aromatic rings. The van der Waals surface area contributed by atoms with Gasteiger partial charge in [0, 0.05) is 6.04 Å². The molecule has 2 atom stereocenters. The highest BCUT2D eigenvalue weighted by atomic mass is 16.5. The third-order valence-corrected chi connectivity index (χ3v) is 3.96. The zero-order chi connectivity index (χ0) is 16.7. The van der Waals surface area contributed by atoms with Crippen molar-refractivity contribution in [3.05, 3.63) is 24.2 Å². The minimum absolute atomic E-state index is 0.113. The van der Waals surface area contributed by atoms with Gasteiger partial charge in [-0.3, -0.25) is 14.4 Å². The van der Waals surface area contributed by atoms with Gasteiger partial charge in [0.1, 0.15) is 6.54 Å². The van der Waals surface area contributed by atoms with Gasteiger partial charge < -0.3 is 19.8 Å². The van der Waals surface area contributed by atoms with Crippen LogP contribution in [0.1, 0.15) is 43.2 Å². The first-order chi connectivity index (χ1) is 11.1. The third-order valence-electron chi connectivity index (χ3n) is 3.96. The molecule has 1 fully saturated rings. The Balaban J connectivity index is 1.63. The van der Waals surface area contributed by atoms with Gasteiger partial charge in [0.25, 0.3) is 11.8 Å². The molecule has 126 valence electrons. The fraction of sp³-hybridized carbons (Fsp3) is 0.562. The second kappa shape index (κ2) is 8.36. The quantitative estimate of drug-likeness (QED) is 0.768. The SMILES string of the molecule is C[C@H]1CCCC[C@H]1NC(=O)COC(=O)CNC(=O)c1ccco1. The van der Waals surface area contributed by atoms with Gasteiger partial charge in [0.15, 0.2) is 12.4 Å². The van der Waals surface area contributed by atoms with Gasteiger partial charge in [-0.2, -0.15) is 0 Å². The van der Waals surface area contributed by atoms with Crippen LogP contribution in [-0.4, -0.2) is 37.0 Å². The van der Waals surface area contributed by atoms with Crippen LogP contribution >= 0.6 is 0 Å². The number of furan rings is 1. The van der Waals surface area contributed by atoms with Crippen LogP contribution in [0.5, 0.6) is 0 Å². The molecule has 2 N–H and O–H groups in total. The zero-order valence-electron chi connectivity index (χ0n) is 13.2. The van der Waals surface area contributed by atoms with Crippen LogP contribution in [0.25, 0.3) is 0 Å². The summed E-state index contributed by atoms with van der Waals surface area (Å²) in [4.78, 5) is 34.9. The Kier molecular flexibility index (Phi) is 6.19. The monoisotopic (exact) mass is 322 g/mol. The van der Waals surface area contributed by atoms with E-state index in [-0.39, 0.29) is 30.9 Å². The fourth-order valence-electron chi connectivity index (χ4n) is 2.62. The van der Waals surface area contributed by atoms with E-state index in [1.165, 1.54) is 18.8 Å². The molecule has 2 amide bonds. The minimum atomic E-state index is -0.670. The molecule has 0 saturated heterocycles. The van der Waals surface area contributed by atoms with E-state index in [9.17, 15) is 14.4 Å². The van der Waals surface area contributed by atoms with Crippen LogP contribution in [-0.2, 0) is 14.3 Å². The Morgan fingerprint density at radius 3 is 2.78 bits per heavy atom. The van der Waals surface area contributed by atoms with Gasteiger partial charge in [-0.05, 0) is 30.9 Å². The number of amides is 2. The van der Waals surface area contributed by atoms with Crippen molar-refractivity contribution in [1.82, 2.24) is 10.6 Å². The largest absolute Gasteiger partial charge is 0.459 e. The summed E-state index contributed by atoms with van der Waals surface area (Å²) in [5, 5.41) is 5.25. The van der Waals surface area contributed by atoms with E-state index in [1.54, 1.807) is 6.07 Å². The molecule has 23 heavy (non-hydrogen) atoms. The lowest BCUT2D eigenvalue weighted by atomic mass is 9.86. The van der Waals surface area contributed by atoms with Gasteiger partial charge in [-0.15, -0.1) is 0 Å². The van der Waals surface area contributed by atoms with Crippen molar-refractivity contribution in [2.75, 3.05) is 13.2 Å². The predicted octanol–water partition coefficient (Wildman–Crippen LogP) is 1.25. The van der Waals surface area contributed by atoms with Crippen LogP contribution in [0.4, 0.5) is 0 Å². The minimum Gasteiger partial charge on any atom is -0.459 e. The first-order valence-corrected chi connectivity index (χ1v) is 7.83. The highest BCUT2D eigenvalue weighted by molar-refractivity contribution is 5.93. The summed E-state index contributed by atoms with van der Waals surface area (Å²) in [6, 6.07) is 3.21. The Hall–Kier alpha value is -2.31. The molecule has 0 spiro atoms. The first-order valence-electron chi connectivity index (χ1n) is 7.83. The Morgan fingerprint density at radius 2 is 2.09 bits per heavy atom. The maximum Gasteiger partial charge on any atom is 0.325 e. The number of ether oxygens (including phenoxy) is 1. The highest BCUT2D eigenvalue weighted by Gasteiger charge is 2.23. The van der Waals surface area contributed by atoms with Gasteiger partial charge >= 0.3 is 5.97 Å². The number of rotatable bonds is 6. The van der Waals surface area contributed by atoms with Crippen LogP contribution < -0.4 is 10.6 Å². The van der Waals surface area contributed by atoms with Crippen molar-refractivity contribution in [3.8, 4) is 0 Å². The molecule has 0 aliphatic heterocycles. The van der Waals surface area contributed by atoms with Gasteiger partial charge in [-0.25, -0.2) is 0 Å². The van der Waals surface area contributed by atoms with Crippen molar-refractivity contribution in [3.63, 3.8) is 0 Å². The highest BCUT2D eigenvalue weighted by Crippen LogP contribution is 2.23. The summed E-state index contributed by atoms with van der Waals surface area (Å²) in [5.41, 5.74) is 0. The third kappa shape index (κ3) is 5.43. The molecular formula is C16H22N2O5. The second-order valence-electron chi connectivity index (χ2n) is 5.76. The lowest BCUT2D eigenvalue weighted by Gasteiger charge is -2.29. The summed E-state index contributed by atoms with van der Waals surface area (Å²) >= 11 is 0. The van der Waals surface area contributed by atoms with Crippen molar-refractivity contribution in [2.45, 2.75) is 38.6 Å². The number of nitrogens with one attached hydrogen (secondary N) is 2. The normalized spacial score (nSPS) is 20.6.